The third-order valence-electron chi connectivity index (χ3n) is 6.56. The number of carbonyl (C=O) groups is 1. The number of nitrogens with zero attached hydrogens (tertiary/aromatic N) is 4. The Morgan fingerprint density at radius 1 is 1.02 bits per heavy atom. The van der Waals surface area contributed by atoms with Crippen LogP contribution in [0.25, 0.3) is 16.6 Å². The van der Waals surface area contributed by atoms with Crippen molar-refractivity contribution in [3.05, 3.63) is 124 Å². The van der Waals surface area contributed by atoms with Crippen molar-refractivity contribution in [2.45, 2.75) is 32.1 Å². The van der Waals surface area contributed by atoms with E-state index in [4.69, 9.17) is 4.98 Å². The molecule has 0 bridgehead atoms. The van der Waals surface area contributed by atoms with Crippen LogP contribution in [0.5, 0.6) is 0 Å². The minimum Gasteiger partial charge on any atom is -0.347 e. The van der Waals surface area contributed by atoms with Crippen LogP contribution in [0.1, 0.15) is 35.7 Å². The monoisotopic (exact) mass is 549 g/mol. The van der Waals surface area contributed by atoms with Crippen LogP contribution >= 0.6 is 0 Å². The van der Waals surface area contributed by atoms with Gasteiger partial charge in [-0.05, 0) is 61.0 Å². The van der Waals surface area contributed by atoms with Gasteiger partial charge in [-0.2, -0.15) is 13.2 Å². The van der Waals surface area contributed by atoms with Gasteiger partial charge in [-0.3, -0.25) is 14.2 Å². The van der Waals surface area contributed by atoms with Crippen molar-refractivity contribution in [2.24, 2.45) is 0 Å². The number of halogens is 4. The topological polar surface area (TPSA) is 83.9 Å². The highest BCUT2D eigenvalue weighted by Gasteiger charge is 2.31. The molecule has 0 aliphatic carbocycles. The van der Waals surface area contributed by atoms with Gasteiger partial charge >= 0.3 is 6.18 Å². The standard InChI is InChI=1S/C29H23F4N5O2/c1-18(27-36-24-5-3-2-4-23(24)28(40)38(27)22-12-10-21(30)11-13-22)37(17-25-34-14-15-35-25)26(39)16-19-6-8-20(9-7-19)29(31,32)33/h2-15,18H,16-17H2,1H3,(H,34,35). The van der Waals surface area contributed by atoms with Gasteiger partial charge in [-0.15, -0.1) is 0 Å². The van der Waals surface area contributed by atoms with Crippen LogP contribution in [0.3, 0.4) is 0 Å². The molecule has 0 saturated carbocycles. The van der Waals surface area contributed by atoms with Gasteiger partial charge in [0, 0.05) is 12.4 Å². The Balaban J connectivity index is 1.58. The molecule has 1 atom stereocenters. The van der Waals surface area contributed by atoms with Gasteiger partial charge in [0.05, 0.1) is 41.2 Å². The van der Waals surface area contributed by atoms with E-state index in [1.807, 2.05) is 0 Å². The van der Waals surface area contributed by atoms with Crippen LogP contribution < -0.4 is 5.56 Å². The van der Waals surface area contributed by atoms with Crippen LogP contribution in [-0.4, -0.2) is 30.3 Å². The molecule has 2 aromatic heterocycles. The predicted molar refractivity (Wildman–Crippen MR) is 140 cm³/mol. The van der Waals surface area contributed by atoms with E-state index in [0.717, 1.165) is 12.1 Å². The molecule has 1 N–H and O–H groups in total. The number of nitrogens with one attached hydrogen (secondary N) is 1. The summed E-state index contributed by atoms with van der Waals surface area (Å²) in [5.74, 6) is -0.213. The zero-order chi connectivity index (χ0) is 28.4. The second-order valence-corrected chi connectivity index (χ2v) is 9.21. The molecule has 5 aromatic rings. The Hall–Kier alpha value is -4.80. The number of rotatable bonds is 7. The fourth-order valence-corrected chi connectivity index (χ4v) is 4.48. The number of amides is 1. The minimum absolute atomic E-state index is 0.0136. The summed E-state index contributed by atoms with van der Waals surface area (Å²) in [5, 5.41) is 0.344. The first kappa shape index (κ1) is 26.8. The van der Waals surface area contributed by atoms with E-state index in [9.17, 15) is 27.2 Å². The van der Waals surface area contributed by atoms with E-state index in [1.54, 1.807) is 37.4 Å². The number of fused-ring (bicyclic) bond motifs is 1. The average Bonchev–Trinajstić information content (AvgIpc) is 3.45. The molecular formula is C29H23F4N5O2. The number of carbonyl (C=O) groups excluding carboxylic acids is 1. The fourth-order valence-electron chi connectivity index (χ4n) is 4.48. The molecule has 0 saturated heterocycles. The number of para-hydroxylation sites is 1. The Kier molecular flexibility index (Phi) is 7.20. The lowest BCUT2D eigenvalue weighted by Crippen LogP contribution is -2.38. The molecule has 5 rings (SSSR count). The van der Waals surface area contributed by atoms with Crippen LogP contribution in [0.4, 0.5) is 17.6 Å². The molecule has 11 heteroatoms. The summed E-state index contributed by atoms with van der Waals surface area (Å²) in [6, 6.07) is 15.7. The van der Waals surface area contributed by atoms with Gasteiger partial charge in [-0.25, -0.2) is 14.4 Å². The maximum Gasteiger partial charge on any atom is 0.416 e. The van der Waals surface area contributed by atoms with Crippen molar-refractivity contribution in [3.63, 3.8) is 0 Å². The van der Waals surface area contributed by atoms with E-state index < -0.39 is 35.1 Å². The summed E-state index contributed by atoms with van der Waals surface area (Å²) in [6.07, 6.45) is -1.56. The quantitative estimate of drug-likeness (QED) is 0.268. The SMILES string of the molecule is CC(c1nc2ccccc2c(=O)n1-c1ccc(F)cc1)N(Cc1ncc[nH]1)C(=O)Cc1ccc(C(F)(F)F)cc1. The summed E-state index contributed by atoms with van der Waals surface area (Å²) >= 11 is 0. The van der Waals surface area contributed by atoms with Crippen LogP contribution in [-0.2, 0) is 23.9 Å². The largest absolute Gasteiger partial charge is 0.416 e. The molecule has 204 valence electrons. The van der Waals surface area contributed by atoms with E-state index in [-0.39, 0.29) is 18.8 Å². The van der Waals surface area contributed by atoms with Gasteiger partial charge in [0.25, 0.3) is 5.56 Å². The molecule has 0 aliphatic heterocycles. The van der Waals surface area contributed by atoms with Gasteiger partial charge in [0.15, 0.2) is 0 Å². The minimum atomic E-state index is -4.49. The number of alkyl halides is 3. The maximum absolute atomic E-state index is 13.7. The number of aromatic nitrogens is 4. The lowest BCUT2D eigenvalue weighted by Gasteiger charge is -2.30. The lowest BCUT2D eigenvalue weighted by atomic mass is 10.1. The smallest absolute Gasteiger partial charge is 0.347 e. The third kappa shape index (κ3) is 5.49. The van der Waals surface area contributed by atoms with E-state index in [2.05, 4.69) is 9.97 Å². The number of hydrogen-bond acceptors (Lipinski definition) is 4. The van der Waals surface area contributed by atoms with Crippen molar-refractivity contribution in [1.82, 2.24) is 24.4 Å². The predicted octanol–water partition coefficient (Wildman–Crippen LogP) is 5.60. The van der Waals surface area contributed by atoms with Gasteiger partial charge in [0.1, 0.15) is 17.5 Å². The molecule has 1 unspecified atom stereocenters. The van der Waals surface area contributed by atoms with Crippen LogP contribution in [0, 0.1) is 5.82 Å². The summed E-state index contributed by atoms with van der Waals surface area (Å²) in [6.45, 7) is 1.71. The maximum atomic E-state index is 13.7. The summed E-state index contributed by atoms with van der Waals surface area (Å²) in [4.78, 5) is 40.7. The van der Waals surface area contributed by atoms with Gasteiger partial charge in [-0.1, -0.05) is 24.3 Å². The molecule has 40 heavy (non-hydrogen) atoms. The van der Waals surface area contributed by atoms with Crippen molar-refractivity contribution < 1.29 is 22.4 Å². The van der Waals surface area contributed by atoms with Gasteiger partial charge < -0.3 is 9.88 Å². The molecule has 0 aliphatic rings. The first-order valence-electron chi connectivity index (χ1n) is 12.3. The molecule has 0 radical (unpaired) electrons. The van der Waals surface area contributed by atoms with Crippen LogP contribution in [0.15, 0.2) is 90.0 Å². The van der Waals surface area contributed by atoms with Gasteiger partial charge in [0.2, 0.25) is 5.91 Å². The lowest BCUT2D eigenvalue weighted by molar-refractivity contribution is -0.137. The van der Waals surface area contributed by atoms with E-state index in [1.165, 1.54) is 52.1 Å². The van der Waals surface area contributed by atoms with Crippen molar-refractivity contribution >= 4 is 16.8 Å². The summed E-state index contributed by atoms with van der Waals surface area (Å²) in [7, 11) is 0. The highest BCUT2D eigenvalue weighted by Crippen LogP contribution is 2.30. The normalized spacial score (nSPS) is 12.4. The summed E-state index contributed by atoms with van der Waals surface area (Å²) < 4.78 is 54.1. The second kappa shape index (κ2) is 10.8. The molecule has 7 nitrogen and oxygen atoms in total. The number of hydrogen-bond donors (Lipinski definition) is 1. The van der Waals surface area contributed by atoms with Crippen molar-refractivity contribution in [3.8, 4) is 5.69 Å². The number of imidazole rings is 1. The third-order valence-corrected chi connectivity index (χ3v) is 6.56. The molecular weight excluding hydrogens is 526 g/mol. The Labute approximate surface area is 225 Å². The highest BCUT2D eigenvalue weighted by atomic mass is 19.4. The molecule has 2 heterocycles. The molecule has 0 spiro atoms. The van der Waals surface area contributed by atoms with E-state index >= 15 is 0 Å². The first-order chi connectivity index (χ1) is 19.1. The molecule has 0 fully saturated rings. The fraction of sp³-hybridized carbons (Fsp3) is 0.172. The van der Waals surface area contributed by atoms with Crippen LogP contribution in [0.2, 0.25) is 0 Å². The number of aromatic amines is 1. The van der Waals surface area contributed by atoms with Crippen molar-refractivity contribution in [1.29, 1.82) is 0 Å². The molecule has 1 amide bonds. The second-order valence-electron chi connectivity index (χ2n) is 9.21. The Bertz CT molecular complexity index is 1700. The Morgan fingerprint density at radius 3 is 2.38 bits per heavy atom. The number of benzene rings is 3. The first-order valence-corrected chi connectivity index (χ1v) is 12.3. The zero-order valence-electron chi connectivity index (χ0n) is 21.2. The Morgan fingerprint density at radius 2 is 1.73 bits per heavy atom. The molecule has 3 aromatic carbocycles. The van der Waals surface area contributed by atoms with Crippen molar-refractivity contribution in [2.75, 3.05) is 0 Å². The average molecular weight is 550 g/mol. The highest BCUT2D eigenvalue weighted by molar-refractivity contribution is 5.80. The van der Waals surface area contributed by atoms with E-state index in [0.29, 0.717) is 28.0 Å². The summed E-state index contributed by atoms with van der Waals surface area (Å²) in [5.41, 5.74) is -0.0436. The number of H-pyrrole nitrogens is 1. The zero-order valence-corrected chi connectivity index (χ0v) is 21.2.